The average Bonchev–Trinajstić information content (AvgIpc) is 3.83. The van der Waals surface area contributed by atoms with E-state index in [1.807, 2.05) is 0 Å². The van der Waals surface area contributed by atoms with Crippen molar-refractivity contribution in [3.05, 3.63) is 164 Å². The Morgan fingerprint density at radius 2 is 1.08 bits per heavy atom. The Kier molecular flexibility index (Phi) is 21.5. The number of aromatic nitrogens is 4. The van der Waals surface area contributed by atoms with Crippen LogP contribution < -0.4 is 40.2 Å². The molecule has 6 aromatic rings. The van der Waals surface area contributed by atoms with E-state index >= 15 is 0 Å². The van der Waals surface area contributed by atoms with Crippen LogP contribution in [0, 0.1) is 13.8 Å². The van der Waals surface area contributed by atoms with E-state index in [4.69, 9.17) is 28.3 Å². The molecule has 0 saturated carbocycles. The van der Waals surface area contributed by atoms with Gasteiger partial charge in [-0.2, -0.15) is 36.5 Å². The summed E-state index contributed by atoms with van der Waals surface area (Å²) in [7, 11) is 1.00. The molecule has 0 fully saturated rings. The molecule has 11 nitrogen and oxygen atoms in total. The van der Waals surface area contributed by atoms with Gasteiger partial charge in [0.15, 0.2) is 0 Å². The summed E-state index contributed by atoms with van der Waals surface area (Å²) < 4.78 is 81.2. The van der Waals surface area contributed by atoms with E-state index in [0.29, 0.717) is 39.1 Å². The number of amides is 2. The van der Waals surface area contributed by atoms with Gasteiger partial charge in [0.05, 0.1) is 69.5 Å². The van der Waals surface area contributed by atoms with Crippen LogP contribution in [-0.4, -0.2) is 70.0 Å². The van der Waals surface area contributed by atoms with Crippen molar-refractivity contribution in [1.82, 2.24) is 30.2 Å². The number of carbonyl (C=O) groups excluding carboxylic acids is 3. The molecule has 333 valence electrons. The van der Waals surface area contributed by atoms with Crippen molar-refractivity contribution < 1.29 is 81.9 Å². The fourth-order valence-corrected chi connectivity index (χ4v) is 6.36. The van der Waals surface area contributed by atoms with Gasteiger partial charge in [-0.25, -0.2) is 9.36 Å². The fraction of sp³-hybridized carbons (Fsp3) is 0.233. The maximum atomic E-state index is 13.0. The van der Waals surface area contributed by atoms with Gasteiger partial charge in [-0.05, 0) is 104 Å². The average molecular weight is 941 g/mol. The quantitative estimate of drug-likeness (QED) is 0.0672. The van der Waals surface area contributed by atoms with Crippen molar-refractivity contribution in [1.29, 1.82) is 0 Å². The third-order valence-electron chi connectivity index (χ3n) is 9.24. The Morgan fingerprint density at radius 3 is 1.44 bits per heavy atom. The molecule has 6 rings (SSSR count). The van der Waals surface area contributed by atoms with Crippen molar-refractivity contribution in [3.63, 3.8) is 0 Å². The number of benzene rings is 4. The smallest absolute Gasteiger partial charge is 1.00 e. The summed E-state index contributed by atoms with van der Waals surface area (Å²) in [5, 5.41) is 31.2. The first-order chi connectivity index (χ1) is 29.4. The molecular weight excluding hydrogens is 899 g/mol. The van der Waals surface area contributed by atoms with E-state index in [1.54, 1.807) is 71.7 Å². The van der Waals surface area contributed by atoms with Crippen molar-refractivity contribution in [2.75, 3.05) is 13.7 Å². The summed E-state index contributed by atoms with van der Waals surface area (Å²) in [6, 6.07) is 21.3. The summed E-state index contributed by atoms with van der Waals surface area (Å²) in [4.78, 5) is 36.7. The molecule has 0 aliphatic rings. The van der Waals surface area contributed by atoms with Crippen LogP contribution in [0.2, 0.25) is 10.0 Å². The van der Waals surface area contributed by atoms with Gasteiger partial charge in [-0.1, -0.05) is 47.5 Å². The van der Waals surface area contributed by atoms with Gasteiger partial charge >= 0.3 is 41.9 Å². The Morgan fingerprint density at radius 1 is 0.703 bits per heavy atom. The van der Waals surface area contributed by atoms with Gasteiger partial charge in [-0.3, -0.25) is 9.59 Å². The molecule has 2 atom stereocenters. The van der Waals surface area contributed by atoms with Gasteiger partial charge in [0.1, 0.15) is 6.29 Å². The number of hydrogen-bond acceptors (Lipinski definition) is 7. The molecule has 0 bridgehead atoms. The number of aliphatic hydroxyl groups is 2. The van der Waals surface area contributed by atoms with E-state index < -0.39 is 47.4 Å². The van der Waals surface area contributed by atoms with Crippen molar-refractivity contribution in [3.8, 4) is 11.4 Å². The largest absolute Gasteiger partial charge is 1.00 e. The zero-order chi connectivity index (χ0) is 45.8. The minimum absolute atomic E-state index is 0. The SMILES string of the molecule is CO.Cc1c(C(=O)N[C@@H](CC=O)c2cccc(C(F)(F)F)c2)cnn1-c1ccc(Cl)cc1.Cc1c(C(=O)N[C@@H](CCO)c2cccc(C(F)(F)F)c2)cnn1-c1ccc(Cl)cc1.[B].[H-].[Na+]. The number of rotatable bonds is 12. The Labute approximate surface area is 400 Å². The zero-order valence-electron chi connectivity index (χ0n) is 35.8. The number of aldehydes is 1. The van der Waals surface area contributed by atoms with Crippen molar-refractivity contribution >= 4 is 49.7 Å². The van der Waals surface area contributed by atoms with Crippen LogP contribution in [0.5, 0.6) is 0 Å². The van der Waals surface area contributed by atoms with E-state index in [-0.39, 0.29) is 81.1 Å². The van der Waals surface area contributed by atoms with Gasteiger partial charge in [-0.15, -0.1) is 0 Å². The predicted molar refractivity (Wildman–Crippen MR) is 227 cm³/mol. The molecule has 4 N–H and O–H groups in total. The summed E-state index contributed by atoms with van der Waals surface area (Å²) in [6.07, 6.45) is -5.82. The minimum atomic E-state index is -4.53. The molecule has 3 radical (unpaired) electrons. The molecule has 0 unspecified atom stereocenters. The Balaban J connectivity index is 0.000000599. The van der Waals surface area contributed by atoms with E-state index in [2.05, 4.69) is 20.8 Å². The normalized spacial score (nSPS) is 11.8. The second kappa shape index (κ2) is 24.9. The van der Waals surface area contributed by atoms with Crippen LogP contribution >= 0.6 is 23.2 Å². The summed E-state index contributed by atoms with van der Waals surface area (Å²) in [5.41, 5.74) is 1.79. The fourth-order valence-electron chi connectivity index (χ4n) is 6.11. The van der Waals surface area contributed by atoms with E-state index in [1.165, 1.54) is 36.7 Å². The first kappa shape index (κ1) is 55.2. The van der Waals surface area contributed by atoms with Crippen LogP contribution in [0.4, 0.5) is 26.3 Å². The van der Waals surface area contributed by atoms with Crippen LogP contribution in [0.25, 0.3) is 11.4 Å². The number of carbonyl (C=O) groups is 3. The second-order valence-electron chi connectivity index (χ2n) is 13.3. The van der Waals surface area contributed by atoms with E-state index in [9.17, 15) is 45.8 Å². The molecular formula is C43H41BCl2F6N6NaO5. The molecule has 2 aromatic heterocycles. The van der Waals surface area contributed by atoms with Gasteiger partial charge in [0.2, 0.25) is 0 Å². The van der Waals surface area contributed by atoms with Crippen molar-refractivity contribution in [2.24, 2.45) is 0 Å². The molecule has 0 saturated heterocycles. The standard InChI is InChI=1S/C21H19ClF3N3O2.C21H17ClF3N3O2.CH4O.B.Na.H/c2*1-13-18(12-26-28(13)17-7-5-16(22)6-8-17)20(30)27-19(9-10-29)14-3-2-4-15(11-14)21(23,24)25;1-2;;;/h2-8,11-12,19,29H,9-10H2,1H3,(H,27,30);2-8,10-12,19H,9H2,1H3,(H,27,30);2H,1H3;;;/q;;;;+1;-1/t2*19-;;;;/m00..../s1. The number of nitrogens with one attached hydrogen (secondary N) is 2. The number of aliphatic hydroxyl groups excluding tert-OH is 2. The van der Waals surface area contributed by atoms with Gasteiger partial charge in [0, 0.05) is 38.6 Å². The molecule has 21 heteroatoms. The topological polar surface area (TPSA) is 151 Å². The summed E-state index contributed by atoms with van der Waals surface area (Å²) in [5.74, 6) is -1.04. The first-order valence-corrected chi connectivity index (χ1v) is 19.2. The number of hydrogen-bond donors (Lipinski definition) is 4. The van der Waals surface area contributed by atoms with Gasteiger partial charge < -0.3 is 27.1 Å². The molecule has 0 spiro atoms. The van der Waals surface area contributed by atoms with Crippen LogP contribution in [0.1, 0.15) is 80.7 Å². The predicted octanol–water partition coefficient (Wildman–Crippen LogP) is 5.96. The second-order valence-corrected chi connectivity index (χ2v) is 14.1. The molecule has 0 aliphatic heterocycles. The molecule has 64 heavy (non-hydrogen) atoms. The van der Waals surface area contributed by atoms with Crippen LogP contribution in [0.3, 0.4) is 0 Å². The number of alkyl halides is 6. The third-order valence-corrected chi connectivity index (χ3v) is 9.75. The van der Waals surface area contributed by atoms with Crippen molar-refractivity contribution in [2.45, 2.75) is 51.1 Å². The third kappa shape index (κ3) is 14.5. The molecule has 2 amide bonds. The summed E-state index contributed by atoms with van der Waals surface area (Å²) >= 11 is 11.8. The van der Waals surface area contributed by atoms with E-state index in [0.717, 1.165) is 31.4 Å². The molecule has 2 heterocycles. The number of nitrogens with zero attached hydrogens (tertiary/aromatic N) is 4. The maximum Gasteiger partial charge on any atom is 1.00 e. The summed E-state index contributed by atoms with van der Waals surface area (Å²) in [6.45, 7) is 3.10. The minimum Gasteiger partial charge on any atom is -1.00 e. The van der Waals surface area contributed by atoms with Gasteiger partial charge in [0.25, 0.3) is 11.8 Å². The molecule has 0 aliphatic carbocycles. The van der Waals surface area contributed by atoms with Crippen LogP contribution in [-0.2, 0) is 17.1 Å². The maximum absolute atomic E-state index is 13.0. The Hall–Kier alpha value is -4.95. The zero-order valence-corrected chi connectivity index (χ0v) is 38.3. The monoisotopic (exact) mass is 939 g/mol. The number of halogens is 8. The first-order valence-electron chi connectivity index (χ1n) is 18.5. The van der Waals surface area contributed by atoms with Crippen LogP contribution in [0.15, 0.2) is 109 Å². The molecule has 4 aromatic carbocycles. The Bertz CT molecular complexity index is 2460.